The largest absolute Gasteiger partial charge is 0.418 e. The number of aromatic nitrogens is 4. The van der Waals surface area contributed by atoms with Gasteiger partial charge in [0.05, 0.1) is 32.7 Å². The molecule has 0 aliphatic rings. The van der Waals surface area contributed by atoms with E-state index in [2.05, 4.69) is 32.7 Å². The summed E-state index contributed by atoms with van der Waals surface area (Å²) in [5.41, 5.74) is -2.19. The minimum absolute atomic E-state index is 0.0934. The van der Waals surface area contributed by atoms with Crippen molar-refractivity contribution >= 4 is 46.6 Å². The summed E-state index contributed by atoms with van der Waals surface area (Å²) in [4.78, 5) is 12.4. The van der Waals surface area contributed by atoms with Gasteiger partial charge < -0.3 is 10.4 Å². The topological polar surface area (TPSA) is 92.9 Å². The Kier molecular flexibility index (Phi) is 7.96. The van der Waals surface area contributed by atoms with Gasteiger partial charge in [0.15, 0.2) is 0 Å². The molecule has 2 N–H and O–H groups in total. The molecular formula is C21H15Cl2F4N5O2S. The van der Waals surface area contributed by atoms with E-state index in [0.717, 1.165) is 22.5 Å². The lowest BCUT2D eigenvalue weighted by molar-refractivity contribution is -0.137. The number of nitrogens with one attached hydrogen (secondary N) is 1. The first-order valence-corrected chi connectivity index (χ1v) is 11.3. The number of halogens is 6. The first-order chi connectivity index (χ1) is 16.2. The molecule has 0 radical (unpaired) electrons. The van der Waals surface area contributed by atoms with E-state index < -0.39 is 39.8 Å². The van der Waals surface area contributed by atoms with Crippen LogP contribution in [0.4, 0.5) is 23.2 Å². The molecule has 0 bridgehead atoms. The monoisotopic (exact) mass is 547 g/mol. The smallest absolute Gasteiger partial charge is 0.378 e. The van der Waals surface area contributed by atoms with Crippen LogP contribution in [-0.2, 0) is 11.0 Å². The molecule has 35 heavy (non-hydrogen) atoms. The van der Waals surface area contributed by atoms with E-state index in [4.69, 9.17) is 23.2 Å². The van der Waals surface area contributed by atoms with E-state index in [1.54, 1.807) is 6.07 Å². The third kappa shape index (κ3) is 7.08. The van der Waals surface area contributed by atoms with Crippen LogP contribution in [0.1, 0.15) is 25.0 Å². The van der Waals surface area contributed by atoms with Crippen LogP contribution < -0.4 is 5.32 Å². The van der Waals surface area contributed by atoms with Crippen molar-refractivity contribution in [3.05, 3.63) is 57.3 Å². The molecule has 1 amide bonds. The fourth-order valence-electron chi connectivity index (χ4n) is 2.59. The number of rotatable bonds is 5. The third-order valence-electron chi connectivity index (χ3n) is 4.08. The fraction of sp³-hybridized carbons (Fsp3) is 0.238. The second kappa shape index (κ2) is 10.4. The van der Waals surface area contributed by atoms with Gasteiger partial charge in [-0.05, 0) is 48.5 Å². The van der Waals surface area contributed by atoms with Crippen molar-refractivity contribution < 1.29 is 27.5 Å². The predicted octanol–water partition coefficient (Wildman–Crippen LogP) is 4.98. The number of benzene rings is 2. The van der Waals surface area contributed by atoms with E-state index >= 15 is 0 Å². The fourth-order valence-corrected chi connectivity index (χ4v) is 3.80. The van der Waals surface area contributed by atoms with Gasteiger partial charge in [-0.15, -0.1) is 5.10 Å². The standard InChI is InChI=1S/C21H15Cl2F4N5O2S/c1-20(2,34)6-5-11-3-4-15(14(22)7-11)28-17(33)10-35-19-29-30-31-32(19)16-9-12(24)8-13(18(16)23)21(25,26)27/h3-4,7-9,34H,10H2,1-2H3,(H,28,33). The van der Waals surface area contributed by atoms with Gasteiger partial charge in [0.1, 0.15) is 11.4 Å². The SMILES string of the molecule is CC(C)(O)C#Cc1ccc(NC(=O)CSc2nnnn2-c2cc(F)cc(C(F)(F)F)c2Cl)c(Cl)c1. The van der Waals surface area contributed by atoms with Crippen molar-refractivity contribution in [3.63, 3.8) is 0 Å². The van der Waals surface area contributed by atoms with Crippen molar-refractivity contribution in [2.45, 2.75) is 30.8 Å². The van der Waals surface area contributed by atoms with Gasteiger partial charge in [0, 0.05) is 11.6 Å². The average Bonchev–Trinajstić information content (AvgIpc) is 3.21. The van der Waals surface area contributed by atoms with Crippen LogP contribution in [0.15, 0.2) is 35.5 Å². The van der Waals surface area contributed by atoms with E-state index in [9.17, 15) is 27.5 Å². The number of nitrogens with zero attached hydrogens (tertiary/aromatic N) is 4. The van der Waals surface area contributed by atoms with E-state index in [0.29, 0.717) is 5.56 Å². The van der Waals surface area contributed by atoms with E-state index in [1.807, 2.05) is 0 Å². The summed E-state index contributed by atoms with van der Waals surface area (Å²) in [6.45, 7) is 3.06. The van der Waals surface area contributed by atoms with Gasteiger partial charge in [-0.25, -0.2) is 4.39 Å². The summed E-state index contributed by atoms with van der Waals surface area (Å²) >= 11 is 12.8. The molecule has 0 unspecified atom stereocenters. The van der Waals surface area contributed by atoms with Crippen LogP contribution in [0, 0.1) is 17.7 Å². The summed E-state index contributed by atoms with van der Waals surface area (Å²) < 4.78 is 54.1. The summed E-state index contributed by atoms with van der Waals surface area (Å²) in [7, 11) is 0. The van der Waals surface area contributed by atoms with Crippen LogP contribution in [0.5, 0.6) is 0 Å². The number of amides is 1. The molecule has 0 saturated carbocycles. The first-order valence-electron chi connectivity index (χ1n) is 9.57. The van der Waals surface area contributed by atoms with Crippen LogP contribution in [0.3, 0.4) is 0 Å². The quantitative estimate of drug-likeness (QED) is 0.266. The number of hydrogen-bond acceptors (Lipinski definition) is 6. The Balaban J connectivity index is 1.73. The second-order valence-corrected chi connectivity index (χ2v) is 9.23. The molecule has 7 nitrogen and oxygen atoms in total. The number of tetrazole rings is 1. The summed E-state index contributed by atoms with van der Waals surface area (Å²) in [6, 6.07) is 5.64. The molecule has 0 aliphatic carbocycles. The molecule has 0 aliphatic heterocycles. The number of carbonyl (C=O) groups excluding carboxylic acids is 1. The Labute approximate surface area is 210 Å². The number of anilines is 1. The molecule has 3 aromatic rings. The molecule has 14 heteroatoms. The lowest BCUT2D eigenvalue weighted by Gasteiger charge is -2.13. The van der Waals surface area contributed by atoms with E-state index in [1.165, 1.54) is 26.0 Å². The highest BCUT2D eigenvalue weighted by atomic mass is 35.5. The molecule has 1 heterocycles. The zero-order valence-corrected chi connectivity index (χ0v) is 20.2. The highest BCUT2D eigenvalue weighted by molar-refractivity contribution is 7.99. The molecule has 184 valence electrons. The normalized spacial score (nSPS) is 11.7. The maximum absolute atomic E-state index is 13.8. The van der Waals surface area contributed by atoms with Crippen LogP contribution in [0.25, 0.3) is 5.69 Å². The average molecular weight is 548 g/mol. The molecular weight excluding hydrogens is 533 g/mol. The van der Waals surface area contributed by atoms with Gasteiger partial charge in [-0.1, -0.05) is 46.8 Å². The van der Waals surface area contributed by atoms with E-state index in [-0.39, 0.29) is 27.7 Å². The Morgan fingerprint density at radius 1 is 1.23 bits per heavy atom. The van der Waals surface area contributed by atoms with Crippen molar-refractivity contribution in [2.75, 3.05) is 11.1 Å². The molecule has 1 aromatic heterocycles. The number of carbonyl (C=O) groups is 1. The number of aliphatic hydroxyl groups is 1. The minimum atomic E-state index is -4.90. The number of hydrogen-bond donors (Lipinski definition) is 2. The minimum Gasteiger partial charge on any atom is -0.378 e. The Morgan fingerprint density at radius 3 is 2.57 bits per heavy atom. The molecule has 2 aromatic carbocycles. The Hall–Kier alpha value is -2.85. The van der Waals surface area contributed by atoms with Gasteiger partial charge in [-0.2, -0.15) is 17.9 Å². The number of thioether (sulfide) groups is 1. The van der Waals surface area contributed by atoms with Crippen molar-refractivity contribution in [1.82, 2.24) is 20.2 Å². The lowest BCUT2D eigenvalue weighted by Crippen LogP contribution is -2.15. The van der Waals surface area contributed by atoms with Gasteiger partial charge >= 0.3 is 6.18 Å². The molecule has 0 fully saturated rings. The van der Waals surface area contributed by atoms with Crippen molar-refractivity contribution in [2.24, 2.45) is 0 Å². The molecule has 0 atom stereocenters. The molecule has 3 rings (SSSR count). The predicted molar refractivity (Wildman–Crippen MR) is 123 cm³/mol. The summed E-state index contributed by atoms with van der Waals surface area (Å²) in [5.74, 6) is 3.43. The molecule has 0 saturated heterocycles. The lowest BCUT2D eigenvalue weighted by atomic mass is 10.1. The maximum Gasteiger partial charge on any atom is 0.418 e. The zero-order valence-electron chi connectivity index (χ0n) is 17.9. The van der Waals surface area contributed by atoms with Crippen LogP contribution in [0.2, 0.25) is 10.0 Å². The summed E-state index contributed by atoms with van der Waals surface area (Å²) in [5, 5.41) is 22.2. The highest BCUT2D eigenvalue weighted by Gasteiger charge is 2.35. The highest BCUT2D eigenvalue weighted by Crippen LogP contribution is 2.38. The van der Waals surface area contributed by atoms with Gasteiger partial charge in [-0.3, -0.25) is 4.79 Å². The van der Waals surface area contributed by atoms with Crippen molar-refractivity contribution in [3.8, 4) is 17.5 Å². The Morgan fingerprint density at radius 2 is 1.94 bits per heavy atom. The summed E-state index contributed by atoms with van der Waals surface area (Å²) in [6.07, 6.45) is -4.90. The van der Waals surface area contributed by atoms with Crippen LogP contribution >= 0.6 is 35.0 Å². The third-order valence-corrected chi connectivity index (χ3v) is 5.71. The second-order valence-electron chi connectivity index (χ2n) is 7.50. The first kappa shape index (κ1) is 26.7. The zero-order chi connectivity index (χ0) is 26.0. The molecule has 0 spiro atoms. The maximum atomic E-state index is 13.8. The number of alkyl halides is 3. The van der Waals surface area contributed by atoms with Gasteiger partial charge in [0.25, 0.3) is 0 Å². The van der Waals surface area contributed by atoms with Crippen LogP contribution in [-0.4, -0.2) is 42.6 Å². The Bertz CT molecular complexity index is 1330. The van der Waals surface area contributed by atoms with Gasteiger partial charge in [0.2, 0.25) is 11.1 Å². The van der Waals surface area contributed by atoms with Crippen molar-refractivity contribution in [1.29, 1.82) is 0 Å².